The number of rotatable bonds is 39. The van der Waals surface area contributed by atoms with Gasteiger partial charge in [0.05, 0.1) is 6.61 Å². The van der Waals surface area contributed by atoms with Crippen LogP contribution in [0.15, 0.2) is 48.6 Å². The topological polar surface area (TPSA) is 72.8 Å². The van der Waals surface area contributed by atoms with Gasteiger partial charge in [0.15, 0.2) is 6.10 Å². The highest BCUT2D eigenvalue weighted by Gasteiger charge is 2.16. The van der Waals surface area contributed by atoms with E-state index < -0.39 is 6.10 Å². The molecule has 0 spiro atoms. The molecule has 5 heteroatoms. The van der Waals surface area contributed by atoms with E-state index in [-0.39, 0.29) is 25.2 Å². The fraction of sp³-hybridized carbons (Fsp3) is 0.783. The molecule has 1 atom stereocenters. The molecule has 0 aliphatic carbocycles. The van der Waals surface area contributed by atoms with Gasteiger partial charge in [0.25, 0.3) is 0 Å². The molecule has 51 heavy (non-hydrogen) atoms. The van der Waals surface area contributed by atoms with E-state index in [1.165, 1.54) is 122 Å². The molecule has 0 aliphatic heterocycles. The molecule has 0 saturated carbocycles. The molecule has 5 nitrogen and oxygen atoms in total. The van der Waals surface area contributed by atoms with Crippen molar-refractivity contribution >= 4 is 11.9 Å². The average Bonchev–Trinajstić information content (AvgIpc) is 3.13. The summed E-state index contributed by atoms with van der Waals surface area (Å²) in [5.41, 5.74) is 0. The summed E-state index contributed by atoms with van der Waals surface area (Å²) >= 11 is 0. The lowest BCUT2D eigenvalue weighted by Gasteiger charge is -2.15. The van der Waals surface area contributed by atoms with E-state index >= 15 is 0 Å². The molecular weight excluding hydrogens is 633 g/mol. The molecule has 296 valence electrons. The maximum Gasteiger partial charge on any atom is 0.306 e. The summed E-state index contributed by atoms with van der Waals surface area (Å²) in [6, 6.07) is 0. The minimum absolute atomic E-state index is 0.0709. The van der Waals surface area contributed by atoms with Crippen LogP contribution in [0.25, 0.3) is 0 Å². The molecule has 0 aromatic rings. The van der Waals surface area contributed by atoms with Gasteiger partial charge in [-0.25, -0.2) is 0 Å². The third kappa shape index (κ3) is 40.5. The molecule has 0 heterocycles. The van der Waals surface area contributed by atoms with E-state index in [0.29, 0.717) is 12.8 Å². The Hall–Kier alpha value is -2.14. The van der Waals surface area contributed by atoms with Gasteiger partial charge in [-0.2, -0.15) is 0 Å². The standard InChI is InChI=1S/C46H82O5/c1-3-5-7-9-11-13-15-16-17-18-19-20-21-22-23-24-25-26-27-28-29-30-31-33-35-37-39-41-46(49)51-44(42-47)43-50-45(48)40-38-36-34-32-14-12-10-8-6-4-2/h8,10,15-16,18-19,21-22,44,47H,3-7,9,11-14,17,20,23-43H2,1-2H3/b10-8-,16-15-,19-18-,22-21-. The Kier molecular flexibility index (Phi) is 40.5. The monoisotopic (exact) mass is 715 g/mol. The van der Waals surface area contributed by atoms with Crippen molar-refractivity contribution in [2.45, 2.75) is 219 Å². The van der Waals surface area contributed by atoms with E-state index in [1.807, 2.05) is 0 Å². The van der Waals surface area contributed by atoms with Gasteiger partial charge in [-0.1, -0.05) is 178 Å². The zero-order valence-electron chi connectivity index (χ0n) is 33.6. The Bertz CT molecular complexity index is 858. The molecule has 0 amide bonds. The largest absolute Gasteiger partial charge is 0.462 e. The van der Waals surface area contributed by atoms with E-state index in [1.54, 1.807) is 0 Å². The van der Waals surface area contributed by atoms with Crippen molar-refractivity contribution in [1.29, 1.82) is 0 Å². The van der Waals surface area contributed by atoms with Crippen molar-refractivity contribution in [3.05, 3.63) is 48.6 Å². The smallest absolute Gasteiger partial charge is 0.306 e. The van der Waals surface area contributed by atoms with Crippen LogP contribution in [0.1, 0.15) is 213 Å². The van der Waals surface area contributed by atoms with Gasteiger partial charge < -0.3 is 14.6 Å². The van der Waals surface area contributed by atoms with Crippen molar-refractivity contribution in [2.24, 2.45) is 0 Å². The fourth-order valence-electron chi connectivity index (χ4n) is 6.03. The second-order valence-corrected chi connectivity index (χ2v) is 14.4. The van der Waals surface area contributed by atoms with Crippen LogP contribution in [0.4, 0.5) is 0 Å². The third-order valence-corrected chi connectivity index (χ3v) is 9.33. The van der Waals surface area contributed by atoms with Crippen LogP contribution < -0.4 is 0 Å². The maximum atomic E-state index is 12.2. The molecule has 0 aliphatic rings. The molecule has 0 bridgehead atoms. The van der Waals surface area contributed by atoms with Crippen molar-refractivity contribution < 1.29 is 24.2 Å². The van der Waals surface area contributed by atoms with Crippen molar-refractivity contribution in [3.63, 3.8) is 0 Å². The van der Waals surface area contributed by atoms with E-state index in [2.05, 4.69) is 62.5 Å². The molecule has 0 radical (unpaired) electrons. The summed E-state index contributed by atoms with van der Waals surface area (Å²) in [4.78, 5) is 24.2. The number of aliphatic hydroxyl groups excluding tert-OH is 1. The minimum atomic E-state index is -0.774. The average molecular weight is 715 g/mol. The van der Waals surface area contributed by atoms with Crippen molar-refractivity contribution in [2.75, 3.05) is 13.2 Å². The van der Waals surface area contributed by atoms with Crippen LogP contribution in [0.2, 0.25) is 0 Å². The summed E-state index contributed by atoms with van der Waals surface area (Å²) in [6.45, 7) is 4.05. The first kappa shape index (κ1) is 48.9. The lowest BCUT2D eigenvalue weighted by Crippen LogP contribution is -2.28. The summed E-state index contributed by atoms with van der Waals surface area (Å²) in [5, 5.41) is 9.55. The van der Waals surface area contributed by atoms with E-state index in [9.17, 15) is 14.7 Å². The fourth-order valence-corrected chi connectivity index (χ4v) is 6.03. The maximum absolute atomic E-state index is 12.2. The summed E-state index contributed by atoms with van der Waals surface area (Å²) in [7, 11) is 0. The Morgan fingerprint density at radius 3 is 1.27 bits per heavy atom. The third-order valence-electron chi connectivity index (χ3n) is 9.33. The van der Waals surface area contributed by atoms with Gasteiger partial charge in [-0.05, 0) is 70.6 Å². The zero-order valence-corrected chi connectivity index (χ0v) is 33.6. The van der Waals surface area contributed by atoms with E-state index in [4.69, 9.17) is 9.47 Å². The molecule has 0 saturated heterocycles. The van der Waals surface area contributed by atoms with Crippen LogP contribution in [-0.4, -0.2) is 36.4 Å². The molecule has 0 rings (SSSR count). The Morgan fingerprint density at radius 1 is 0.451 bits per heavy atom. The number of allylic oxidation sites excluding steroid dienone is 8. The van der Waals surface area contributed by atoms with Crippen LogP contribution in [-0.2, 0) is 19.1 Å². The molecule has 1 N–H and O–H groups in total. The first-order valence-corrected chi connectivity index (χ1v) is 21.7. The number of unbranched alkanes of at least 4 members (excludes halogenated alkanes) is 23. The van der Waals surface area contributed by atoms with E-state index in [0.717, 1.165) is 64.2 Å². The van der Waals surface area contributed by atoms with Gasteiger partial charge in [-0.3, -0.25) is 9.59 Å². The lowest BCUT2D eigenvalue weighted by molar-refractivity contribution is -0.161. The number of hydrogen-bond donors (Lipinski definition) is 1. The Balaban J connectivity index is 3.50. The number of aliphatic hydroxyl groups is 1. The number of esters is 2. The second-order valence-electron chi connectivity index (χ2n) is 14.4. The first-order chi connectivity index (χ1) is 25.1. The SMILES string of the molecule is CCC/C=C\CCCCCCCC(=O)OCC(CO)OC(=O)CCCCCCCCCCCCCC/C=C\C/C=C\C/C=C\CCCCCCC. The second kappa shape index (κ2) is 42.3. The van der Waals surface area contributed by atoms with Gasteiger partial charge in [-0.15, -0.1) is 0 Å². The molecule has 0 fully saturated rings. The minimum Gasteiger partial charge on any atom is -0.462 e. The van der Waals surface area contributed by atoms with Crippen LogP contribution in [0, 0.1) is 0 Å². The summed E-state index contributed by atoms with van der Waals surface area (Å²) in [5.74, 6) is -0.604. The van der Waals surface area contributed by atoms with Gasteiger partial charge in [0, 0.05) is 12.8 Å². The molecule has 1 unspecified atom stereocenters. The van der Waals surface area contributed by atoms with Gasteiger partial charge >= 0.3 is 11.9 Å². The highest BCUT2D eigenvalue weighted by atomic mass is 16.6. The number of ether oxygens (including phenoxy) is 2. The highest BCUT2D eigenvalue weighted by Crippen LogP contribution is 2.14. The number of hydrogen-bond acceptors (Lipinski definition) is 5. The van der Waals surface area contributed by atoms with Crippen LogP contribution in [0.5, 0.6) is 0 Å². The zero-order chi connectivity index (χ0) is 37.1. The molecule has 0 aromatic heterocycles. The molecular formula is C46H82O5. The quantitative estimate of drug-likeness (QED) is 0.0390. The van der Waals surface area contributed by atoms with Crippen molar-refractivity contribution in [1.82, 2.24) is 0 Å². The predicted molar refractivity (Wildman–Crippen MR) is 219 cm³/mol. The Morgan fingerprint density at radius 2 is 0.824 bits per heavy atom. The predicted octanol–water partition coefficient (Wildman–Crippen LogP) is 13.8. The van der Waals surface area contributed by atoms with Crippen LogP contribution >= 0.6 is 0 Å². The van der Waals surface area contributed by atoms with Gasteiger partial charge in [0.2, 0.25) is 0 Å². The first-order valence-electron chi connectivity index (χ1n) is 21.7. The molecule has 0 aromatic carbocycles. The lowest BCUT2D eigenvalue weighted by atomic mass is 10.0. The normalized spacial score (nSPS) is 12.6. The summed E-state index contributed by atoms with van der Waals surface area (Å²) in [6.07, 6.45) is 53.4. The highest BCUT2D eigenvalue weighted by molar-refractivity contribution is 5.70. The van der Waals surface area contributed by atoms with Crippen LogP contribution in [0.3, 0.4) is 0 Å². The summed E-state index contributed by atoms with van der Waals surface area (Å²) < 4.78 is 10.6. The number of carbonyl (C=O) groups excluding carboxylic acids is 2. The van der Waals surface area contributed by atoms with Crippen molar-refractivity contribution in [3.8, 4) is 0 Å². The van der Waals surface area contributed by atoms with Gasteiger partial charge in [0.1, 0.15) is 6.61 Å². The number of carbonyl (C=O) groups is 2. The Labute approximate surface area is 316 Å².